The maximum atomic E-state index is 13.3. The number of nitrogens with one attached hydrogen (secondary N) is 1. The summed E-state index contributed by atoms with van der Waals surface area (Å²) in [5.41, 5.74) is 3.66. The molecule has 0 saturated heterocycles. The summed E-state index contributed by atoms with van der Waals surface area (Å²) in [6.45, 7) is 0. The number of fused-ring (bicyclic) bond motifs is 3. The van der Waals surface area contributed by atoms with E-state index in [2.05, 4.69) is 9.97 Å². The number of hydrogen-bond acceptors (Lipinski definition) is 1. The topological polar surface area (TPSA) is 28.7 Å². The van der Waals surface area contributed by atoms with Crippen molar-refractivity contribution in [1.29, 1.82) is 0 Å². The van der Waals surface area contributed by atoms with Gasteiger partial charge >= 0.3 is 0 Å². The molecule has 1 aromatic heterocycles. The molecule has 16 heavy (non-hydrogen) atoms. The number of imidazole rings is 1. The second kappa shape index (κ2) is 2.54. The summed E-state index contributed by atoms with van der Waals surface area (Å²) >= 11 is 0. The van der Waals surface area contributed by atoms with Crippen molar-refractivity contribution in [2.75, 3.05) is 0 Å². The van der Waals surface area contributed by atoms with Crippen LogP contribution in [0.1, 0.15) is 23.2 Å². The van der Waals surface area contributed by atoms with Crippen molar-refractivity contribution in [3.8, 4) is 0 Å². The molecule has 2 aromatic rings. The van der Waals surface area contributed by atoms with Crippen LogP contribution in [0.4, 0.5) is 4.39 Å². The van der Waals surface area contributed by atoms with Gasteiger partial charge in [-0.15, -0.1) is 0 Å². The summed E-state index contributed by atoms with van der Waals surface area (Å²) in [5.74, 6) is 0.509. The Morgan fingerprint density at radius 3 is 3.19 bits per heavy atom. The number of halogens is 1. The molecule has 0 radical (unpaired) electrons. The van der Waals surface area contributed by atoms with Crippen molar-refractivity contribution >= 4 is 0 Å². The van der Waals surface area contributed by atoms with Crippen LogP contribution in [0.2, 0.25) is 0 Å². The number of aromatic nitrogens is 2. The molecular formula is C13H11FN2. The summed E-state index contributed by atoms with van der Waals surface area (Å²) < 4.78 is 13.3. The summed E-state index contributed by atoms with van der Waals surface area (Å²) in [5, 5.41) is 0. The van der Waals surface area contributed by atoms with E-state index >= 15 is 0 Å². The SMILES string of the molecule is Fc1ccc2c(c1)C1(c3cnc[nH]3)CC1C2. The Kier molecular flexibility index (Phi) is 1.35. The summed E-state index contributed by atoms with van der Waals surface area (Å²) in [4.78, 5) is 7.27. The van der Waals surface area contributed by atoms with Crippen LogP contribution >= 0.6 is 0 Å². The summed E-state index contributed by atoms with van der Waals surface area (Å²) in [6, 6.07) is 5.18. The van der Waals surface area contributed by atoms with Crippen LogP contribution in [0.15, 0.2) is 30.7 Å². The number of hydrogen-bond donors (Lipinski definition) is 1. The molecule has 4 rings (SSSR count). The van der Waals surface area contributed by atoms with E-state index in [1.165, 1.54) is 11.1 Å². The molecule has 3 heteroatoms. The molecule has 1 N–H and O–H groups in total. The van der Waals surface area contributed by atoms with Gasteiger partial charge in [0.1, 0.15) is 5.82 Å². The Morgan fingerprint density at radius 1 is 1.44 bits per heavy atom. The van der Waals surface area contributed by atoms with Crippen LogP contribution in [0, 0.1) is 11.7 Å². The number of H-pyrrole nitrogens is 1. The molecule has 0 bridgehead atoms. The first kappa shape index (κ1) is 8.50. The van der Waals surface area contributed by atoms with Crippen LogP contribution in [-0.2, 0) is 11.8 Å². The zero-order valence-electron chi connectivity index (χ0n) is 8.70. The van der Waals surface area contributed by atoms with Gasteiger partial charge in [-0.05, 0) is 42.0 Å². The maximum absolute atomic E-state index is 13.3. The van der Waals surface area contributed by atoms with Gasteiger partial charge in [0.25, 0.3) is 0 Å². The third kappa shape index (κ3) is 0.848. The predicted molar refractivity (Wildman–Crippen MR) is 57.6 cm³/mol. The Labute approximate surface area is 92.5 Å². The molecular weight excluding hydrogens is 203 g/mol. The molecule has 80 valence electrons. The fourth-order valence-corrected chi connectivity index (χ4v) is 3.29. The van der Waals surface area contributed by atoms with Crippen LogP contribution < -0.4 is 0 Å². The van der Waals surface area contributed by atoms with Gasteiger partial charge in [-0.3, -0.25) is 0 Å². The fraction of sp³-hybridized carbons (Fsp3) is 0.308. The number of benzene rings is 1. The first-order valence-corrected chi connectivity index (χ1v) is 5.58. The van der Waals surface area contributed by atoms with E-state index in [9.17, 15) is 4.39 Å². The second-order valence-electron chi connectivity index (χ2n) is 4.84. The van der Waals surface area contributed by atoms with E-state index in [-0.39, 0.29) is 11.2 Å². The minimum absolute atomic E-state index is 0.0495. The maximum Gasteiger partial charge on any atom is 0.123 e. The first-order chi connectivity index (χ1) is 7.80. The molecule has 1 heterocycles. The quantitative estimate of drug-likeness (QED) is 0.775. The lowest BCUT2D eigenvalue weighted by molar-refractivity contribution is 0.622. The number of aromatic amines is 1. The van der Waals surface area contributed by atoms with Crippen molar-refractivity contribution in [2.45, 2.75) is 18.3 Å². The van der Waals surface area contributed by atoms with Crippen LogP contribution in [0.5, 0.6) is 0 Å². The standard InChI is InChI=1S/C13H11FN2/c14-10-2-1-8-3-9-5-13(9,11(8)4-10)12-6-15-7-16-12/h1-2,4,6-7,9H,3,5H2,(H,15,16). The third-order valence-corrected chi connectivity index (χ3v) is 4.10. The zero-order valence-corrected chi connectivity index (χ0v) is 8.70. The van der Waals surface area contributed by atoms with Gasteiger partial charge in [0.2, 0.25) is 0 Å². The minimum Gasteiger partial charge on any atom is -0.348 e. The van der Waals surface area contributed by atoms with E-state index in [0.29, 0.717) is 5.92 Å². The van der Waals surface area contributed by atoms with Gasteiger partial charge in [0, 0.05) is 17.3 Å². The lowest BCUT2D eigenvalue weighted by Gasteiger charge is -2.13. The Hall–Kier alpha value is -1.64. The fourth-order valence-electron chi connectivity index (χ4n) is 3.29. The third-order valence-electron chi connectivity index (χ3n) is 4.10. The zero-order chi connectivity index (χ0) is 10.8. The van der Waals surface area contributed by atoms with Crippen molar-refractivity contribution in [3.63, 3.8) is 0 Å². The van der Waals surface area contributed by atoms with Gasteiger partial charge in [-0.2, -0.15) is 0 Å². The highest BCUT2D eigenvalue weighted by molar-refractivity contribution is 5.53. The van der Waals surface area contributed by atoms with E-state index in [1.807, 2.05) is 12.3 Å². The Morgan fingerprint density at radius 2 is 2.38 bits per heavy atom. The molecule has 2 aliphatic rings. The highest BCUT2D eigenvalue weighted by Crippen LogP contribution is 2.64. The molecule has 0 aliphatic heterocycles. The summed E-state index contributed by atoms with van der Waals surface area (Å²) in [6.07, 6.45) is 5.79. The van der Waals surface area contributed by atoms with Gasteiger partial charge in [-0.1, -0.05) is 6.07 Å². The van der Waals surface area contributed by atoms with Gasteiger partial charge in [-0.25, -0.2) is 9.37 Å². The lowest BCUT2D eigenvalue weighted by atomic mass is 9.93. The van der Waals surface area contributed by atoms with Gasteiger partial charge in [0.05, 0.1) is 6.33 Å². The lowest BCUT2D eigenvalue weighted by Crippen LogP contribution is -2.09. The van der Waals surface area contributed by atoms with Gasteiger partial charge in [0.15, 0.2) is 0 Å². The molecule has 2 unspecified atom stereocenters. The largest absolute Gasteiger partial charge is 0.348 e. The molecule has 0 amide bonds. The normalized spacial score (nSPS) is 29.9. The smallest absolute Gasteiger partial charge is 0.123 e. The molecule has 2 aliphatic carbocycles. The molecule has 1 aromatic carbocycles. The minimum atomic E-state index is -0.134. The van der Waals surface area contributed by atoms with Gasteiger partial charge < -0.3 is 4.98 Å². The Balaban J connectivity index is 1.94. The van der Waals surface area contributed by atoms with Crippen LogP contribution in [-0.4, -0.2) is 9.97 Å². The second-order valence-corrected chi connectivity index (χ2v) is 4.84. The Bertz CT molecular complexity index is 561. The monoisotopic (exact) mass is 214 g/mol. The van der Waals surface area contributed by atoms with Crippen molar-refractivity contribution in [2.24, 2.45) is 5.92 Å². The van der Waals surface area contributed by atoms with Crippen molar-refractivity contribution in [3.05, 3.63) is 53.4 Å². The van der Waals surface area contributed by atoms with E-state index in [4.69, 9.17) is 0 Å². The van der Waals surface area contributed by atoms with Crippen LogP contribution in [0.25, 0.3) is 0 Å². The number of rotatable bonds is 1. The highest BCUT2D eigenvalue weighted by Gasteiger charge is 2.61. The highest BCUT2D eigenvalue weighted by atomic mass is 19.1. The van der Waals surface area contributed by atoms with E-state index in [0.717, 1.165) is 18.5 Å². The molecule has 1 saturated carbocycles. The first-order valence-electron chi connectivity index (χ1n) is 5.58. The van der Waals surface area contributed by atoms with E-state index < -0.39 is 0 Å². The average Bonchev–Trinajstić information content (AvgIpc) is 2.70. The van der Waals surface area contributed by atoms with Crippen LogP contribution in [0.3, 0.4) is 0 Å². The average molecular weight is 214 g/mol. The molecule has 0 spiro atoms. The predicted octanol–water partition coefficient (Wildman–Crippen LogP) is 2.41. The van der Waals surface area contributed by atoms with Crippen molar-refractivity contribution in [1.82, 2.24) is 9.97 Å². The van der Waals surface area contributed by atoms with E-state index in [1.54, 1.807) is 18.5 Å². The van der Waals surface area contributed by atoms with Crippen molar-refractivity contribution < 1.29 is 4.39 Å². The molecule has 1 fully saturated rings. The number of nitrogens with zero attached hydrogens (tertiary/aromatic N) is 1. The molecule has 2 nitrogen and oxygen atoms in total. The molecule has 2 atom stereocenters. The summed E-state index contributed by atoms with van der Waals surface area (Å²) in [7, 11) is 0.